The van der Waals surface area contributed by atoms with Crippen LogP contribution in [0.4, 0.5) is 0 Å². The van der Waals surface area contributed by atoms with Crippen LogP contribution in [0.5, 0.6) is 5.75 Å². The van der Waals surface area contributed by atoms with E-state index in [1.807, 2.05) is 17.5 Å². The molecular formula is C20H24Br2N2O2S. The molecule has 1 aliphatic rings. The number of carbonyl (C=O) groups excluding carboxylic acids is 1. The third-order valence-corrected chi connectivity index (χ3v) is 6.99. The maximum absolute atomic E-state index is 12.1. The summed E-state index contributed by atoms with van der Waals surface area (Å²) in [7, 11) is 2.17. The van der Waals surface area contributed by atoms with Crippen LogP contribution in [0.15, 0.2) is 38.6 Å². The first-order valence-electron chi connectivity index (χ1n) is 9.13. The third-order valence-electron chi connectivity index (χ3n) is 4.68. The van der Waals surface area contributed by atoms with Crippen molar-refractivity contribution in [1.82, 2.24) is 10.2 Å². The molecule has 1 amide bonds. The first-order chi connectivity index (χ1) is 13.0. The van der Waals surface area contributed by atoms with Crippen molar-refractivity contribution in [3.8, 4) is 5.75 Å². The van der Waals surface area contributed by atoms with Crippen LogP contribution >= 0.6 is 43.2 Å². The zero-order valence-corrected chi connectivity index (χ0v) is 19.3. The van der Waals surface area contributed by atoms with Crippen molar-refractivity contribution < 1.29 is 9.53 Å². The van der Waals surface area contributed by atoms with Gasteiger partial charge in [0.15, 0.2) is 0 Å². The summed E-state index contributed by atoms with van der Waals surface area (Å²) in [5.74, 6) is 1.46. The molecule has 3 rings (SSSR count). The zero-order valence-electron chi connectivity index (χ0n) is 15.3. The summed E-state index contributed by atoms with van der Waals surface area (Å²) < 4.78 is 7.95. The van der Waals surface area contributed by atoms with Gasteiger partial charge in [-0.15, -0.1) is 11.3 Å². The molecule has 4 nitrogen and oxygen atoms in total. The topological polar surface area (TPSA) is 41.6 Å². The largest absolute Gasteiger partial charge is 0.492 e. The number of halogens is 2. The van der Waals surface area contributed by atoms with Crippen LogP contribution in [0.25, 0.3) is 0 Å². The van der Waals surface area contributed by atoms with Crippen molar-refractivity contribution in [3.05, 3.63) is 49.0 Å². The van der Waals surface area contributed by atoms with Gasteiger partial charge in [0.2, 0.25) is 0 Å². The molecule has 0 radical (unpaired) electrons. The van der Waals surface area contributed by atoms with Gasteiger partial charge in [-0.3, -0.25) is 4.79 Å². The minimum absolute atomic E-state index is 0.0258. The molecule has 2 heterocycles. The van der Waals surface area contributed by atoms with Gasteiger partial charge in [-0.25, -0.2) is 0 Å². The van der Waals surface area contributed by atoms with Crippen molar-refractivity contribution in [3.63, 3.8) is 0 Å². The Hall–Kier alpha value is -0.890. The third kappa shape index (κ3) is 6.31. The molecule has 146 valence electrons. The number of rotatable bonds is 7. The molecule has 1 N–H and O–H groups in total. The second kappa shape index (κ2) is 10.0. The number of benzene rings is 1. The van der Waals surface area contributed by atoms with Crippen molar-refractivity contribution in [1.29, 1.82) is 0 Å². The maximum atomic E-state index is 12.1. The fourth-order valence-corrected chi connectivity index (χ4v) is 5.16. The number of piperidine rings is 1. The number of hydrogen-bond donors (Lipinski definition) is 1. The summed E-state index contributed by atoms with van der Waals surface area (Å²) in [6, 6.07) is 8.01. The van der Waals surface area contributed by atoms with Gasteiger partial charge in [0.25, 0.3) is 5.91 Å². The summed E-state index contributed by atoms with van der Waals surface area (Å²) in [4.78, 5) is 15.2. The van der Waals surface area contributed by atoms with Gasteiger partial charge in [-0.1, -0.05) is 6.07 Å². The number of ether oxygens (including phenoxy) is 1. The monoisotopic (exact) mass is 514 g/mol. The minimum atomic E-state index is -0.0258. The van der Waals surface area contributed by atoms with E-state index in [4.69, 9.17) is 4.74 Å². The molecule has 2 aromatic rings. The molecule has 0 spiro atoms. The highest BCUT2D eigenvalue weighted by Crippen LogP contribution is 2.27. The van der Waals surface area contributed by atoms with Crippen LogP contribution in [0.3, 0.4) is 0 Å². The Morgan fingerprint density at radius 3 is 2.93 bits per heavy atom. The molecule has 7 heteroatoms. The van der Waals surface area contributed by atoms with Gasteiger partial charge in [0, 0.05) is 28.9 Å². The summed E-state index contributed by atoms with van der Waals surface area (Å²) in [6.07, 6.45) is 3.27. The van der Waals surface area contributed by atoms with Gasteiger partial charge in [0.05, 0.1) is 16.0 Å². The summed E-state index contributed by atoms with van der Waals surface area (Å²) >= 11 is 8.43. The molecule has 27 heavy (non-hydrogen) atoms. The summed E-state index contributed by atoms with van der Waals surface area (Å²) in [5.41, 5.74) is 1.17. The Morgan fingerprint density at radius 1 is 1.37 bits per heavy atom. The number of carbonyl (C=O) groups is 1. The standard InChI is InChI=1S/C20H24Br2N2O2S/c1-24-8-2-3-15(11-24)12-26-18-5-4-14(9-17(18)22)6-7-23-20(25)19-10-16(21)13-27-19/h4-5,9-10,13,15H,2-3,6-8,11-12H2,1H3,(H,23,25). The molecular weight excluding hydrogens is 492 g/mol. The first-order valence-corrected chi connectivity index (χ1v) is 11.6. The lowest BCUT2D eigenvalue weighted by Crippen LogP contribution is -2.34. The van der Waals surface area contributed by atoms with Gasteiger partial charge >= 0.3 is 0 Å². The Labute approximate surface area is 181 Å². The van der Waals surface area contributed by atoms with Crippen LogP contribution < -0.4 is 10.1 Å². The van der Waals surface area contributed by atoms with E-state index in [9.17, 15) is 4.79 Å². The highest BCUT2D eigenvalue weighted by molar-refractivity contribution is 9.10. The molecule has 0 bridgehead atoms. The molecule has 1 saturated heterocycles. The van der Waals surface area contributed by atoms with E-state index in [0.29, 0.717) is 12.5 Å². The molecule has 1 aromatic heterocycles. The van der Waals surface area contributed by atoms with Crippen LogP contribution in [0, 0.1) is 5.92 Å². The van der Waals surface area contributed by atoms with Crippen LogP contribution in [-0.2, 0) is 6.42 Å². The van der Waals surface area contributed by atoms with Crippen LogP contribution in [0.1, 0.15) is 28.1 Å². The molecule has 1 aromatic carbocycles. The minimum Gasteiger partial charge on any atom is -0.492 e. The highest BCUT2D eigenvalue weighted by atomic mass is 79.9. The van der Waals surface area contributed by atoms with Crippen LogP contribution in [-0.4, -0.2) is 44.1 Å². The van der Waals surface area contributed by atoms with E-state index in [0.717, 1.165) is 39.1 Å². The Kier molecular flexibility index (Phi) is 7.75. The van der Waals surface area contributed by atoms with Gasteiger partial charge in [0.1, 0.15) is 5.75 Å². The van der Waals surface area contributed by atoms with Crippen molar-refractivity contribution in [2.75, 3.05) is 33.3 Å². The second-order valence-electron chi connectivity index (χ2n) is 6.98. The molecule has 0 saturated carbocycles. The van der Waals surface area contributed by atoms with Gasteiger partial charge < -0.3 is 15.0 Å². The number of nitrogens with one attached hydrogen (secondary N) is 1. The Morgan fingerprint density at radius 2 is 2.22 bits per heavy atom. The molecule has 1 fully saturated rings. The Balaban J connectivity index is 1.45. The van der Waals surface area contributed by atoms with E-state index in [-0.39, 0.29) is 5.91 Å². The number of hydrogen-bond acceptors (Lipinski definition) is 4. The molecule has 1 atom stereocenters. The zero-order chi connectivity index (χ0) is 19.2. The highest BCUT2D eigenvalue weighted by Gasteiger charge is 2.18. The number of nitrogens with zero attached hydrogens (tertiary/aromatic N) is 1. The Bertz CT molecular complexity index is 781. The van der Waals surface area contributed by atoms with Crippen molar-refractivity contribution in [2.24, 2.45) is 5.92 Å². The van der Waals surface area contributed by atoms with E-state index in [1.165, 1.54) is 36.3 Å². The lowest BCUT2D eigenvalue weighted by atomic mass is 9.99. The van der Waals surface area contributed by atoms with Gasteiger partial charge in [-0.05, 0) is 88.5 Å². The average molecular weight is 516 g/mol. The normalized spacial score (nSPS) is 17.7. The predicted molar refractivity (Wildman–Crippen MR) is 118 cm³/mol. The molecule has 1 aliphatic heterocycles. The fraction of sp³-hybridized carbons (Fsp3) is 0.450. The van der Waals surface area contributed by atoms with E-state index in [1.54, 1.807) is 0 Å². The lowest BCUT2D eigenvalue weighted by molar-refractivity contribution is 0.0958. The quantitative estimate of drug-likeness (QED) is 0.566. The lowest BCUT2D eigenvalue weighted by Gasteiger charge is -2.29. The SMILES string of the molecule is CN1CCCC(COc2ccc(CCNC(=O)c3cc(Br)cs3)cc2Br)C1. The van der Waals surface area contributed by atoms with Crippen molar-refractivity contribution >= 4 is 49.1 Å². The van der Waals surface area contributed by atoms with E-state index < -0.39 is 0 Å². The van der Waals surface area contributed by atoms with Crippen LogP contribution in [0.2, 0.25) is 0 Å². The first kappa shape index (κ1) is 20.8. The number of thiophene rings is 1. The average Bonchev–Trinajstić information content (AvgIpc) is 3.07. The second-order valence-corrected chi connectivity index (χ2v) is 9.66. The fourth-order valence-electron chi connectivity index (χ4n) is 3.27. The summed E-state index contributed by atoms with van der Waals surface area (Å²) in [5, 5.41) is 4.88. The summed E-state index contributed by atoms with van der Waals surface area (Å²) in [6.45, 7) is 3.66. The molecule has 0 aliphatic carbocycles. The smallest absolute Gasteiger partial charge is 0.261 e. The van der Waals surface area contributed by atoms with Gasteiger partial charge in [-0.2, -0.15) is 0 Å². The van der Waals surface area contributed by atoms with E-state index in [2.05, 4.69) is 61.3 Å². The molecule has 1 unspecified atom stereocenters. The number of likely N-dealkylation sites (tertiary alicyclic amines) is 1. The predicted octanol–water partition coefficient (Wildman–Crippen LogP) is 4.97. The van der Waals surface area contributed by atoms with E-state index >= 15 is 0 Å². The maximum Gasteiger partial charge on any atom is 0.261 e. The van der Waals surface area contributed by atoms with Crippen molar-refractivity contribution in [2.45, 2.75) is 19.3 Å². The number of amides is 1.